The Morgan fingerprint density at radius 2 is 2.19 bits per heavy atom. The number of piperidine rings is 1. The van der Waals surface area contributed by atoms with Crippen LogP contribution in [0.15, 0.2) is 20.3 Å². The summed E-state index contributed by atoms with van der Waals surface area (Å²) in [6, 6.07) is 3.88. The molecular weight excluding hydrogens is 358 g/mol. The molecule has 1 aliphatic heterocycles. The second kappa shape index (κ2) is 6.25. The summed E-state index contributed by atoms with van der Waals surface area (Å²) in [5.74, 6) is 0.186. The van der Waals surface area contributed by atoms with E-state index in [4.69, 9.17) is 9.52 Å². The Labute approximate surface area is 133 Å². The molecular formula is C13H14BrN3O3S. The van der Waals surface area contributed by atoms with Crippen LogP contribution in [0.1, 0.15) is 18.7 Å². The van der Waals surface area contributed by atoms with E-state index < -0.39 is 5.97 Å². The van der Waals surface area contributed by atoms with Gasteiger partial charge in [0.2, 0.25) is 5.89 Å². The quantitative estimate of drug-likeness (QED) is 0.889. The van der Waals surface area contributed by atoms with Gasteiger partial charge in [-0.2, -0.15) is 0 Å². The van der Waals surface area contributed by atoms with Gasteiger partial charge in [0.1, 0.15) is 0 Å². The van der Waals surface area contributed by atoms with Crippen molar-refractivity contribution in [3.63, 3.8) is 0 Å². The van der Waals surface area contributed by atoms with Gasteiger partial charge in [0.15, 0.2) is 0 Å². The van der Waals surface area contributed by atoms with Gasteiger partial charge in [-0.3, -0.25) is 9.69 Å². The number of hydrogen-bond acceptors (Lipinski definition) is 6. The van der Waals surface area contributed by atoms with E-state index in [1.54, 1.807) is 11.3 Å². The fraction of sp³-hybridized carbons (Fsp3) is 0.462. The monoisotopic (exact) mass is 371 g/mol. The van der Waals surface area contributed by atoms with Crippen molar-refractivity contribution in [3.05, 3.63) is 21.8 Å². The number of likely N-dealkylation sites (tertiary alicyclic amines) is 1. The molecule has 0 atom stereocenters. The smallest absolute Gasteiger partial charge is 0.306 e. The third-order valence-corrected chi connectivity index (χ3v) is 5.16. The highest BCUT2D eigenvalue weighted by molar-refractivity contribution is 9.11. The molecule has 0 amide bonds. The molecule has 8 heteroatoms. The summed E-state index contributed by atoms with van der Waals surface area (Å²) in [6.07, 6.45) is 1.35. The number of aromatic nitrogens is 2. The van der Waals surface area contributed by atoms with Crippen molar-refractivity contribution in [1.29, 1.82) is 0 Å². The van der Waals surface area contributed by atoms with E-state index in [-0.39, 0.29) is 5.92 Å². The molecule has 3 rings (SSSR count). The maximum Gasteiger partial charge on any atom is 0.306 e. The second-order valence-electron chi connectivity index (χ2n) is 4.99. The zero-order chi connectivity index (χ0) is 14.8. The number of thiophene rings is 1. The van der Waals surface area contributed by atoms with Crippen LogP contribution in [0.4, 0.5) is 0 Å². The Balaban J connectivity index is 1.59. The van der Waals surface area contributed by atoms with Crippen molar-refractivity contribution in [3.8, 4) is 10.8 Å². The van der Waals surface area contributed by atoms with Gasteiger partial charge in [-0.1, -0.05) is 0 Å². The van der Waals surface area contributed by atoms with Crippen LogP contribution in [0.5, 0.6) is 0 Å². The Hall–Kier alpha value is -1.25. The lowest BCUT2D eigenvalue weighted by molar-refractivity contribution is -0.143. The topological polar surface area (TPSA) is 79.5 Å². The number of hydrogen-bond donors (Lipinski definition) is 1. The van der Waals surface area contributed by atoms with E-state index in [2.05, 4.69) is 31.0 Å². The highest BCUT2D eigenvalue weighted by atomic mass is 79.9. The SMILES string of the molecule is O=C(O)C1CCN(Cc2nnc(-c3ccc(Br)s3)o2)CC1. The average molecular weight is 372 g/mol. The normalized spacial score (nSPS) is 17.2. The van der Waals surface area contributed by atoms with Gasteiger partial charge < -0.3 is 9.52 Å². The maximum absolute atomic E-state index is 10.9. The van der Waals surface area contributed by atoms with E-state index in [0.717, 1.165) is 21.8 Å². The van der Waals surface area contributed by atoms with Crippen molar-refractivity contribution in [2.75, 3.05) is 13.1 Å². The van der Waals surface area contributed by atoms with Gasteiger partial charge in [-0.15, -0.1) is 21.5 Å². The van der Waals surface area contributed by atoms with Gasteiger partial charge in [-0.25, -0.2) is 0 Å². The molecule has 0 aromatic carbocycles. The lowest BCUT2D eigenvalue weighted by atomic mass is 9.97. The lowest BCUT2D eigenvalue weighted by Gasteiger charge is -2.28. The molecule has 1 N–H and O–H groups in total. The Morgan fingerprint density at radius 3 is 2.81 bits per heavy atom. The first-order valence-electron chi connectivity index (χ1n) is 6.65. The molecule has 1 saturated heterocycles. The fourth-order valence-electron chi connectivity index (χ4n) is 2.38. The van der Waals surface area contributed by atoms with Gasteiger partial charge in [-0.05, 0) is 54.0 Å². The Morgan fingerprint density at radius 1 is 1.43 bits per heavy atom. The summed E-state index contributed by atoms with van der Waals surface area (Å²) in [4.78, 5) is 14.0. The van der Waals surface area contributed by atoms with E-state index in [1.165, 1.54) is 0 Å². The summed E-state index contributed by atoms with van der Waals surface area (Å²) in [7, 11) is 0. The maximum atomic E-state index is 10.9. The zero-order valence-electron chi connectivity index (χ0n) is 11.2. The summed E-state index contributed by atoms with van der Waals surface area (Å²) in [5, 5.41) is 17.1. The highest BCUT2D eigenvalue weighted by Gasteiger charge is 2.25. The molecule has 0 aliphatic carbocycles. The Bertz CT molecular complexity index is 634. The van der Waals surface area contributed by atoms with Crippen molar-refractivity contribution in [2.45, 2.75) is 19.4 Å². The molecule has 0 saturated carbocycles. The minimum atomic E-state index is -0.696. The van der Waals surface area contributed by atoms with Gasteiger partial charge >= 0.3 is 5.97 Å². The standard InChI is InChI=1S/C13H14BrN3O3S/c14-10-2-1-9(21-10)12-16-15-11(20-12)7-17-5-3-8(4-6-17)13(18)19/h1-2,8H,3-7H2,(H,18,19). The van der Waals surface area contributed by atoms with Crippen molar-refractivity contribution in [1.82, 2.24) is 15.1 Å². The highest BCUT2D eigenvalue weighted by Crippen LogP contribution is 2.30. The molecule has 21 heavy (non-hydrogen) atoms. The molecule has 2 aromatic heterocycles. The fourth-order valence-corrected chi connectivity index (χ4v) is 3.68. The minimum absolute atomic E-state index is 0.219. The summed E-state index contributed by atoms with van der Waals surface area (Å²) < 4.78 is 6.69. The second-order valence-corrected chi connectivity index (χ2v) is 7.46. The molecule has 0 spiro atoms. The number of rotatable bonds is 4. The molecule has 112 valence electrons. The van der Waals surface area contributed by atoms with Crippen LogP contribution in [0.3, 0.4) is 0 Å². The van der Waals surface area contributed by atoms with Crippen molar-refractivity contribution < 1.29 is 14.3 Å². The van der Waals surface area contributed by atoms with Crippen LogP contribution < -0.4 is 0 Å². The molecule has 0 radical (unpaired) electrons. The van der Waals surface area contributed by atoms with E-state index in [1.807, 2.05) is 12.1 Å². The predicted molar refractivity (Wildman–Crippen MR) is 80.9 cm³/mol. The molecule has 1 fully saturated rings. The summed E-state index contributed by atoms with van der Waals surface area (Å²) in [5.41, 5.74) is 0. The van der Waals surface area contributed by atoms with Crippen LogP contribution in [-0.2, 0) is 11.3 Å². The van der Waals surface area contributed by atoms with Gasteiger partial charge in [0, 0.05) is 0 Å². The molecule has 0 bridgehead atoms. The molecule has 3 heterocycles. The first-order valence-corrected chi connectivity index (χ1v) is 8.26. The third-order valence-electron chi connectivity index (χ3n) is 3.55. The van der Waals surface area contributed by atoms with Crippen molar-refractivity contribution in [2.24, 2.45) is 5.92 Å². The molecule has 6 nitrogen and oxygen atoms in total. The number of nitrogens with zero attached hydrogens (tertiary/aromatic N) is 3. The van der Waals surface area contributed by atoms with Crippen LogP contribution in [0.2, 0.25) is 0 Å². The number of carboxylic acid groups (broad SMARTS) is 1. The molecule has 1 aliphatic rings. The van der Waals surface area contributed by atoms with E-state index in [0.29, 0.717) is 31.2 Å². The molecule has 2 aromatic rings. The van der Waals surface area contributed by atoms with E-state index in [9.17, 15) is 4.79 Å². The summed E-state index contributed by atoms with van der Waals surface area (Å²) in [6.45, 7) is 2.07. The number of aliphatic carboxylic acids is 1. The first-order chi connectivity index (χ1) is 10.1. The lowest BCUT2D eigenvalue weighted by Crippen LogP contribution is -2.35. The minimum Gasteiger partial charge on any atom is -0.481 e. The first kappa shape index (κ1) is 14.7. The van der Waals surface area contributed by atoms with Crippen LogP contribution in [-0.4, -0.2) is 39.3 Å². The van der Waals surface area contributed by atoms with Gasteiger partial charge in [0.25, 0.3) is 5.89 Å². The predicted octanol–water partition coefficient (Wildman–Crippen LogP) is 2.86. The molecule has 0 unspecified atom stereocenters. The van der Waals surface area contributed by atoms with E-state index >= 15 is 0 Å². The van der Waals surface area contributed by atoms with Crippen LogP contribution in [0.25, 0.3) is 10.8 Å². The number of carbonyl (C=O) groups is 1. The largest absolute Gasteiger partial charge is 0.481 e. The van der Waals surface area contributed by atoms with Gasteiger partial charge in [0.05, 0.1) is 21.1 Å². The summed E-state index contributed by atoms with van der Waals surface area (Å²) >= 11 is 4.95. The Kier molecular flexibility index (Phi) is 4.37. The third kappa shape index (κ3) is 3.50. The number of halogens is 1. The average Bonchev–Trinajstić information content (AvgIpc) is 3.08. The van der Waals surface area contributed by atoms with Crippen LogP contribution in [0, 0.1) is 5.92 Å². The van der Waals surface area contributed by atoms with Crippen molar-refractivity contribution >= 4 is 33.2 Å². The van der Waals surface area contributed by atoms with Crippen LogP contribution >= 0.6 is 27.3 Å². The number of carboxylic acids is 1. The zero-order valence-corrected chi connectivity index (χ0v) is 13.6.